The summed E-state index contributed by atoms with van der Waals surface area (Å²) in [5, 5.41) is 5.89. The highest BCUT2D eigenvalue weighted by atomic mass is 16.5. The molecule has 3 aromatic rings. The van der Waals surface area contributed by atoms with Crippen LogP contribution in [0, 0.1) is 0 Å². The van der Waals surface area contributed by atoms with Crippen molar-refractivity contribution in [3.63, 3.8) is 0 Å². The summed E-state index contributed by atoms with van der Waals surface area (Å²) in [5.74, 6) is 1.83. The van der Waals surface area contributed by atoms with Crippen molar-refractivity contribution < 1.29 is 9.53 Å². The molecule has 0 saturated carbocycles. The third kappa shape index (κ3) is 5.04. The Balaban J connectivity index is 1.51. The number of aromatic nitrogens is 2. The molecule has 6 heteroatoms. The topological polar surface area (TPSA) is 76.1 Å². The summed E-state index contributed by atoms with van der Waals surface area (Å²) in [6.45, 7) is 0.818. The van der Waals surface area contributed by atoms with Crippen molar-refractivity contribution in [3.8, 4) is 5.75 Å². The fourth-order valence-corrected chi connectivity index (χ4v) is 2.16. The molecule has 6 nitrogen and oxygen atoms in total. The van der Waals surface area contributed by atoms with Crippen LogP contribution in [0.4, 0.5) is 11.6 Å². The summed E-state index contributed by atoms with van der Waals surface area (Å²) in [6, 6.07) is 18.4. The van der Waals surface area contributed by atoms with Gasteiger partial charge in [-0.25, -0.2) is 9.97 Å². The Morgan fingerprint density at radius 3 is 2.52 bits per heavy atom. The van der Waals surface area contributed by atoms with Gasteiger partial charge in [-0.15, -0.1) is 0 Å². The van der Waals surface area contributed by atoms with E-state index >= 15 is 0 Å². The van der Waals surface area contributed by atoms with Gasteiger partial charge in [0, 0.05) is 18.0 Å². The van der Waals surface area contributed by atoms with Crippen LogP contribution in [0.15, 0.2) is 73.1 Å². The third-order valence-corrected chi connectivity index (χ3v) is 3.34. The van der Waals surface area contributed by atoms with E-state index < -0.39 is 0 Å². The minimum atomic E-state index is -0.178. The van der Waals surface area contributed by atoms with Crippen molar-refractivity contribution in [1.82, 2.24) is 15.3 Å². The Hall–Kier alpha value is -3.41. The van der Waals surface area contributed by atoms with Gasteiger partial charge in [0.25, 0.3) is 5.91 Å². The van der Waals surface area contributed by atoms with Gasteiger partial charge < -0.3 is 15.4 Å². The van der Waals surface area contributed by atoms with Crippen LogP contribution in [0.3, 0.4) is 0 Å². The lowest BCUT2D eigenvalue weighted by Gasteiger charge is -2.09. The van der Waals surface area contributed by atoms with Gasteiger partial charge in [-0.1, -0.05) is 24.3 Å². The summed E-state index contributed by atoms with van der Waals surface area (Å²) >= 11 is 0. The average molecular weight is 334 g/mol. The Morgan fingerprint density at radius 1 is 0.920 bits per heavy atom. The molecule has 0 aliphatic carbocycles. The number of nitrogens with one attached hydrogen (secondary N) is 2. The summed E-state index contributed by atoms with van der Waals surface area (Å²) < 4.78 is 5.55. The molecule has 0 aliphatic rings. The number of para-hydroxylation sites is 1. The van der Waals surface area contributed by atoms with E-state index in [0.717, 1.165) is 5.75 Å². The zero-order valence-corrected chi connectivity index (χ0v) is 13.6. The molecule has 0 unspecified atom stereocenters. The maximum absolute atomic E-state index is 12.2. The predicted molar refractivity (Wildman–Crippen MR) is 96.0 cm³/mol. The Labute approximate surface area is 145 Å². The number of ether oxygens (including phenoxy) is 1. The third-order valence-electron chi connectivity index (χ3n) is 3.34. The summed E-state index contributed by atoms with van der Waals surface area (Å²) in [5.41, 5.74) is 0.521. The second kappa shape index (κ2) is 8.44. The number of carbonyl (C=O) groups excluding carboxylic acids is 1. The summed E-state index contributed by atoms with van der Waals surface area (Å²) in [7, 11) is 0. The van der Waals surface area contributed by atoms with E-state index in [2.05, 4.69) is 20.6 Å². The lowest BCUT2D eigenvalue weighted by atomic mass is 10.2. The zero-order valence-electron chi connectivity index (χ0n) is 13.6. The van der Waals surface area contributed by atoms with Crippen molar-refractivity contribution in [2.24, 2.45) is 0 Å². The van der Waals surface area contributed by atoms with Crippen LogP contribution >= 0.6 is 0 Å². The maximum Gasteiger partial charge on any atom is 0.251 e. The number of hydrogen-bond donors (Lipinski definition) is 2. The molecule has 0 bridgehead atoms. The van der Waals surface area contributed by atoms with E-state index in [-0.39, 0.29) is 5.91 Å². The number of pyridine rings is 2. The molecule has 2 aromatic heterocycles. The Kier molecular flexibility index (Phi) is 5.56. The molecule has 0 aliphatic heterocycles. The molecule has 0 fully saturated rings. The molecule has 126 valence electrons. The number of benzene rings is 1. The first-order valence-electron chi connectivity index (χ1n) is 7.91. The molecule has 1 amide bonds. The van der Waals surface area contributed by atoms with Crippen LogP contribution in [0.1, 0.15) is 10.4 Å². The van der Waals surface area contributed by atoms with Crippen LogP contribution in [-0.4, -0.2) is 29.0 Å². The van der Waals surface area contributed by atoms with Crippen molar-refractivity contribution >= 4 is 17.5 Å². The molecule has 25 heavy (non-hydrogen) atoms. The number of rotatable bonds is 7. The number of amides is 1. The smallest absolute Gasteiger partial charge is 0.251 e. The van der Waals surface area contributed by atoms with Crippen LogP contribution in [0.25, 0.3) is 0 Å². The molecule has 0 spiro atoms. The monoisotopic (exact) mass is 334 g/mol. The van der Waals surface area contributed by atoms with Crippen molar-refractivity contribution in [2.75, 3.05) is 18.5 Å². The normalized spacial score (nSPS) is 10.1. The van der Waals surface area contributed by atoms with Crippen LogP contribution in [0.5, 0.6) is 5.75 Å². The Morgan fingerprint density at radius 2 is 1.72 bits per heavy atom. The molecular formula is C19H18N4O2. The van der Waals surface area contributed by atoms with Gasteiger partial charge in [-0.05, 0) is 36.4 Å². The molecular weight excluding hydrogens is 316 g/mol. The van der Waals surface area contributed by atoms with Crippen LogP contribution < -0.4 is 15.4 Å². The van der Waals surface area contributed by atoms with Gasteiger partial charge in [-0.3, -0.25) is 4.79 Å². The lowest BCUT2D eigenvalue weighted by Crippen LogP contribution is -2.28. The number of nitrogens with zero attached hydrogens (tertiary/aromatic N) is 2. The van der Waals surface area contributed by atoms with Crippen molar-refractivity contribution in [2.45, 2.75) is 0 Å². The highest BCUT2D eigenvalue weighted by Gasteiger charge is 2.07. The van der Waals surface area contributed by atoms with E-state index in [0.29, 0.717) is 30.4 Å². The second-order valence-corrected chi connectivity index (χ2v) is 5.19. The molecule has 2 heterocycles. The quantitative estimate of drug-likeness (QED) is 0.650. The standard InChI is InChI=1S/C19H18N4O2/c24-19(22-12-13-25-16-6-2-1-3-7-16)15-9-11-21-18(14-15)23-17-8-4-5-10-20-17/h1-11,14H,12-13H2,(H,22,24)(H,20,21,23). The van der Waals surface area contributed by atoms with E-state index in [1.54, 1.807) is 24.5 Å². The van der Waals surface area contributed by atoms with E-state index in [1.165, 1.54) is 0 Å². The zero-order chi connectivity index (χ0) is 17.3. The van der Waals surface area contributed by atoms with E-state index in [4.69, 9.17) is 4.74 Å². The fraction of sp³-hybridized carbons (Fsp3) is 0.105. The number of anilines is 2. The van der Waals surface area contributed by atoms with Crippen molar-refractivity contribution in [1.29, 1.82) is 0 Å². The first kappa shape index (κ1) is 16.4. The van der Waals surface area contributed by atoms with Gasteiger partial charge in [0.15, 0.2) is 0 Å². The summed E-state index contributed by atoms with van der Waals surface area (Å²) in [4.78, 5) is 20.6. The average Bonchev–Trinajstić information content (AvgIpc) is 2.67. The largest absolute Gasteiger partial charge is 0.492 e. The van der Waals surface area contributed by atoms with Gasteiger partial charge in [0.2, 0.25) is 0 Å². The first-order chi connectivity index (χ1) is 12.3. The van der Waals surface area contributed by atoms with Gasteiger partial charge in [0.05, 0.1) is 6.54 Å². The minimum Gasteiger partial charge on any atom is -0.492 e. The maximum atomic E-state index is 12.2. The summed E-state index contributed by atoms with van der Waals surface area (Å²) in [6.07, 6.45) is 3.27. The number of carbonyl (C=O) groups is 1. The molecule has 1 aromatic carbocycles. The van der Waals surface area contributed by atoms with Gasteiger partial charge in [-0.2, -0.15) is 0 Å². The highest BCUT2D eigenvalue weighted by Crippen LogP contribution is 2.12. The molecule has 0 radical (unpaired) electrons. The molecule has 0 saturated heterocycles. The lowest BCUT2D eigenvalue weighted by molar-refractivity contribution is 0.0947. The van der Waals surface area contributed by atoms with Crippen LogP contribution in [0.2, 0.25) is 0 Å². The van der Waals surface area contributed by atoms with E-state index in [1.807, 2.05) is 48.5 Å². The highest BCUT2D eigenvalue weighted by molar-refractivity contribution is 5.94. The second-order valence-electron chi connectivity index (χ2n) is 5.19. The van der Waals surface area contributed by atoms with Crippen molar-refractivity contribution in [3.05, 3.63) is 78.6 Å². The van der Waals surface area contributed by atoms with Gasteiger partial charge >= 0.3 is 0 Å². The number of hydrogen-bond acceptors (Lipinski definition) is 5. The van der Waals surface area contributed by atoms with E-state index in [9.17, 15) is 4.79 Å². The molecule has 2 N–H and O–H groups in total. The molecule has 3 rings (SSSR count). The predicted octanol–water partition coefficient (Wildman–Crippen LogP) is 3.03. The van der Waals surface area contributed by atoms with Crippen LogP contribution in [-0.2, 0) is 0 Å². The minimum absolute atomic E-state index is 0.178. The fourth-order valence-electron chi connectivity index (χ4n) is 2.16. The first-order valence-corrected chi connectivity index (χ1v) is 7.91. The van der Waals surface area contributed by atoms with Gasteiger partial charge in [0.1, 0.15) is 24.0 Å². The SMILES string of the molecule is O=C(NCCOc1ccccc1)c1ccnc(Nc2ccccn2)c1. The molecule has 0 atom stereocenters. The Bertz CT molecular complexity index is 810.